The number of aliphatic imine (C=N–C) groups is 1. The van der Waals surface area contributed by atoms with Gasteiger partial charge in [-0.1, -0.05) is 0 Å². The third-order valence-corrected chi connectivity index (χ3v) is 6.03. The van der Waals surface area contributed by atoms with Gasteiger partial charge in [-0.3, -0.25) is 9.89 Å². The first kappa shape index (κ1) is 21.1. The molecular weight excluding hydrogens is 354 g/mol. The first-order valence-corrected chi connectivity index (χ1v) is 10.9. The molecule has 0 amide bonds. The van der Waals surface area contributed by atoms with Crippen LogP contribution in [0.15, 0.2) is 9.41 Å². The molecule has 1 aromatic heterocycles. The lowest BCUT2D eigenvalue weighted by molar-refractivity contribution is 0.120. The summed E-state index contributed by atoms with van der Waals surface area (Å²) in [6.07, 6.45) is 6.02. The van der Waals surface area contributed by atoms with Gasteiger partial charge in [-0.2, -0.15) is 0 Å². The van der Waals surface area contributed by atoms with Gasteiger partial charge in [0.15, 0.2) is 5.96 Å². The highest BCUT2D eigenvalue weighted by atomic mass is 16.4. The van der Waals surface area contributed by atoms with E-state index < -0.39 is 0 Å². The molecule has 3 N–H and O–H groups in total. The number of likely N-dealkylation sites (tertiary alicyclic amines) is 1. The zero-order valence-electron chi connectivity index (χ0n) is 17.7. The van der Waals surface area contributed by atoms with E-state index >= 15 is 0 Å². The third kappa shape index (κ3) is 6.21. The number of guanidine groups is 1. The molecule has 1 aromatic rings. The Balaban J connectivity index is 1.42. The van der Waals surface area contributed by atoms with Gasteiger partial charge in [-0.15, -0.1) is 0 Å². The molecule has 1 aliphatic heterocycles. The van der Waals surface area contributed by atoms with Crippen LogP contribution in [0.25, 0.3) is 0 Å². The summed E-state index contributed by atoms with van der Waals surface area (Å²) < 4.78 is 5.72. The van der Waals surface area contributed by atoms with Gasteiger partial charge in [0.25, 0.3) is 0 Å². The van der Waals surface area contributed by atoms with E-state index in [1.807, 2.05) is 13.8 Å². The van der Waals surface area contributed by atoms with Gasteiger partial charge in [0.1, 0.15) is 5.76 Å². The van der Waals surface area contributed by atoms with Crippen molar-refractivity contribution in [1.82, 2.24) is 20.5 Å². The van der Waals surface area contributed by atoms with Crippen LogP contribution in [0.4, 0.5) is 0 Å². The van der Waals surface area contributed by atoms with E-state index in [9.17, 15) is 5.11 Å². The van der Waals surface area contributed by atoms with Crippen molar-refractivity contribution in [3.63, 3.8) is 0 Å². The molecule has 1 aliphatic carbocycles. The smallest absolute Gasteiger partial charge is 0.208 e. The van der Waals surface area contributed by atoms with Gasteiger partial charge in [0.05, 0.1) is 18.3 Å². The molecule has 7 nitrogen and oxygen atoms in total. The highest BCUT2D eigenvalue weighted by molar-refractivity contribution is 5.80. The van der Waals surface area contributed by atoms with E-state index in [2.05, 4.69) is 27.4 Å². The van der Waals surface area contributed by atoms with Gasteiger partial charge in [-0.25, -0.2) is 4.98 Å². The predicted molar refractivity (Wildman–Crippen MR) is 111 cm³/mol. The molecule has 2 heterocycles. The van der Waals surface area contributed by atoms with Crippen LogP contribution in [-0.2, 0) is 6.54 Å². The van der Waals surface area contributed by atoms with Gasteiger partial charge < -0.3 is 20.2 Å². The quantitative estimate of drug-likeness (QED) is 0.510. The van der Waals surface area contributed by atoms with E-state index in [4.69, 9.17) is 9.41 Å². The largest absolute Gasteiger partial charge is 0.444 e. The van der Waals surface area contributed by atoms with Crippen LogP contribution in [0.1, 0.15) is 62.8 Å². The molecule has 0 bridgehead atoms. The lowest BCUT2D eigenvalue weighted by atomic mass is 9.93. The van der Waals surface area contributed by atoms with Crippen molar-refractivity contribution in [3.05, 3.63) is 17.3 Å². The number of nitrogens with one attached hydrogen (secondary N) is 2. The van der Waals surface area contributed by atoms with Crippen LogP contribution >= 0.6 is 0 Å². The molecule has 28 heavy (non-hydrogen) atoms. The van der Waals surface area contributed by atoms with Crippen molar-refractivity contribution in [2.24, 2.45) is 10.9 Å². The Labute approximate surface area is 169 Å². The Morgan fingerprint density at radius 2 is 1.89 bits per heavy atom. The fourth-order valence-corrected chi connectivity index (χ4v) is 4.08. The summed E-state index contributed by atoms with van der Waals surface area (Å²) in [6, 6.07) is 0.427. The highest BCUT2D eigenvalue weighted by Crippen LogP contribution is 2.21. The topological polar surface area (TPSA) is 85.9 Å². The number of nitrogens with zero attached hydrogens (tertiary/aromatic N) is 3. The number of rotatable bonds is 6. The SMILES string of the molecule is CCNC(=NCC1CCN(Cc2nc(C)c(C)o2)CC1)NC1CCC(O)CC1. The standard InChI is InChI=1S/C21H37N5O2/c1-4-22-21(25-18-5-7-19(27)8-6-18)23-13-17-9-11-26(12-10-17)14-20-24-15(2)16(3)28-20/h17-19,27H,4-14H2,1-3H3,(H2,22,23,25). The summed E-state index contributed by atoms with van der Waals surface area (Å²) in [5.74, 6) is 3.32. The third-order valence-electron chi connectivity index (χ3n) is 6.03. The number of hydrogen-bond acceptors (Lipinski definition) is 5. The predicted octanol–water partition coefficient (Wildman–Crippen LogP) is 2.36. The number of aliphatic hydroxyl groups is 1. The Hall–Kier alpha value is -1.60. The van der Waals surface area contributed by atoms with Gasteiger partial charge in [0, 0.05) is 19.1 Å². The molecule has 0 spiro atoms. The van der Waals surface area contributed by atoms with Crippen molar-refractivity contribution in [2.75, 3.05) is 26.2 Å². The number of aromatic nitrogens is 1. The molecule has 3 rings (SSSR count). The molecule has 2 aliphatic rings. The fraction of sp³-hybridized carbons (Fsp3) is 0.810. The lowest BCUT2D eigenvalue weighted by Gasteiger charge is -2.31. The van der Waals surface area contributed by atoms with E-state index in [0.29, 0.717) is 12.0 Å². The van der Waals surface area contributed by atoms with Crippen molar-refractivity contribution in [2.45, 2.75) is 78.0 Å². The minimum Gasteiger partial charge on any atom is -0.444 e. The Morgan fingerprint density at radius 1 is 1.18 bits per heavy atom. The fourth-order valence-electron chi connectivity index (χ4n) is 4.08. The molecule has 0 unspecified atom stereocenters. The van der Waals surface area contributed by atoms with Gasteiger partial charge in [-0.05, 0) is 78.3 Å². The summed E-state index contributed by atoms with van der Waals surface area (Å²) in [4.78, 5) is 11.8. The Kier molecular flexibility index (Phi) is 7.73. The summed E-state index contributed by atoms with van der Waals surface area (Å²) in [5, 5.41) is 16.6. The van der Waals surface area contributed by atoms with E-state index in [0.717, 1.165) is 94.6 Å². The summed E-state index contributed by atoms with van der Waals surface area (Å²) >= 11 is 0. The number of piperidine rings is 1. The van der Waals surface area contributed by atoms with Gasteiger partial charge >= 0.3 is 0 Å². The second-order valence-corrected chi connectivity index (χ2v) is 8.34. The molecule has 7 heteroatoms. The number of oxazole rings is 1. The first-order chi connectivity index (χ1) is 13.5. The maximum atomic E-state index is 9.68. The average molecular weight is 392 g/mol. The molecule has 158 valence electrons. The number of aryl methyl sites for hydroxylation is 2. The Morgan fingerprint density at radius 3 is 2.50 bits per heavy atom. The van der Waals surface area contributed by atoms with Crippen LogP contribution in [-0.4, -0.2) is 59.3 Å². The molecular formula is C21H37N5O2. The second-order valence-electron chi connectivity index (χ2n) is 8.34. The van der Waals surface area contributed by atoms with Crippen molar-refractivity contribution in [3.8, 4) is 0 Å². The zero-order valence-corrected chi connectivity index (χ0v) is 17.7. The summed E-state index contributed by atoms with van der Waals surface area (Å²) in [5.41, 5.74) is 0.996. The second kappa shape index (κ2) is 10.3. The van der Waals surface area contributed by atoms with E-state index in [-0.39, 0.29) is 6.10 Å². The van der Waals surface area contributed by atoms with Crippen molar-refractivity contribution in [1.29, 1.82) is 0 Å². The lowest BCUT2D eigenvalue weighted by Crippen LogP contribution is -2.45. The molecule has 1 saturated heterocycles. The monoisotopic (exact) mass is 391 g/mol. The number of aliphatic hydroxyl groups excluding tert-OH is 1. The zero-order chi connectivity index (χ0) is 19.9. The van der Waals surface area contributed by atoms with E-state index in [1.165, 1.54) is 0 Å². The Bertz CT molecular complexity index is 609. The van der Waals surface area contributed by atoms with E-state index in [1.54, 1.807) is 0 Å². The normalized spacial score (nSPS) is 25.1. The number of hydrogen-bond donors (Lipinski definition) is 3. The van der Waals surface area contributed by atoms with Crippen LogP contribution in [0.5, 0.6) is 0 Å². The highest BCUT2D eigenvalue weighted by Gasteiger charge is 2.22. The van der Waals surface area contributed by atoms with Crippen LogP contribution in [0.3, 0.4) is 0 Å². The molecule has 0 radical (unpaired) electrons. The summed E-state index contributed by atoms with van der Waals surface area (Å²) in [7, 11) is 0. The van der Waals surface area contributed by atoms with Gasteiger partial charge in [0.2, 0.25) is 5.89 Å². The maximum Gasteiger partial charge on any atom is 0.208 e. The average Bonchev–Trinajstić information content (AvgIpc) is 3.00. The summed E-state index contributed by atoms with van der Waals surface area (Å²) in [6.45, 7) is 10.8. The molecule has 2 fully saturated rings. The van der Waals surface area contributed by atoms with Crippen LogP contribution in [0, 0.1) is 19.8 Å². The van der Waals surface area contributed by atoms with Crippen LogP contribution in [0.2, 0.25) is 0 Å². The maximum absolute atomic E-state index is 9.68. The van der Waals surface area contributed by atoms with Crippen LogP contribution < -0.4 is 10.6 Å². The van der Waals surface area contributed by atoms with Crippen molar-refractivity contribution < 1.29 is 9.52 Å². The molecule has 0 aromatic carbocycles. The van der Waals surface area contributed by atoms with Crippen molar-refractivity contribution >= 4 is 5.96 Å². The molecule has 0 atom stereocenters. The minimum atomic E-state index is -0.119. The first-order valence-electron chi connectivity index (χ1n) is 10.9. The molecule has 1 saturated carbocycles. The minimum absolute atomic E-state index is 0.119.